The minimum atomic E-state index is -3.85. The van der Waals surface area contributed by atoms with E-state index < -0.39 is 16.1 Å². The summed E-state index contributed by atoms with van der Waals surface area (Å²) in [6.45, 7) is 4.99. The van der Waals surface area contributed by atoms with Crippen molar-refractivity contribution in [2.24, 2.45) is 0 Å². The van der Waals surface area contributed by atoms with Crippen LogP contribution in [0.2, 0.25) is 5.02 Å². The molecule has 9 heteroatoms. The molecule has 1 heterocycles. The first kappa shape index (κ1) is 21.4. The third-order valence-corrected chi connectivity index (χ3v) is 6.34. The summed E-state index contributed by atoms with van der Waals surface area (Å²) in [5.74, 6) is 0.938. The van der Waals surface area contributed by atoms with Gasteiger partial charge >= 0.3 is 0 Å². The van der Waals surface area contributed by atoms with E-state index in [9.17, 15) is 13.2 Å². The summed E-state index contributed by atoms with van der Waals surface area (Å²) in [5.41, 5.74) is 0.810. The average Bonchev–Trinajstić information content (AvgIpc) is 2.71. The summed E-state index contributed by atoms with van der Waals surface area (Å²) in [7, 11) is -3.85. The highest BCUT2D eigenvalue weighted by molar-refractivity contribution is 7.89. The summed E-state index contributed by atoms with van der Waals surface area (Å²) in [6.07, 6.45) is 0. The predicted octanol–water partition coefficient (Wildman–Crippen LogP) is 2.83. The van der Waals surface area contributed by atoms with Gasteiger partial charge in [-0.15, -0.1) is 0 Å². The van der Waals surface area contributed by atoms with E-state index in [1.54, 1.807) is 4.90 Å². The average molecular weight is 439 g/mol. The number of nitrogens with zero attached hydrogens (tertiary/aromatic N) is 1. The molecule has 3 rings (SSSR count). The first-order valence-corrected chi connectivity index (χ1v) is 11.1. The molecule has 1 atom stereocenters. The number of fused-ring (bicyclic) bond motifs is 1. The van der Waals surface area contributed by atoms with Crippen LogP contribution in [0.4, 0.5) is 0 Å². The zero-order chi connectivity index (χ0) is 21.0. The van der Waals surface area contributed by atoms with Crippen molar-refractivity contribution >= 4 is 27.5 Å². The molecule has 0 aliphatic carbocycles. The van der Waals surface area contributed by atoms with E-state index in [1.807, 2.05) is 25.1 Å². The molecular weight excluding hydrogens is 416 g/mol. The second-order valence-electron chi connectivity index (χ2n) is 6.59. The van der Waals surface area contributed by atoms with Crippen molar-refractivity contribution in [3.63, 3.8) is 0 Å². The fourth-order valence-electron chi connectivity index (χ4n) is 3.05. The van der Waals surface area contributed by atoms with Gasteiger partial charge in [-0.25, -0.2) is 8.42 Å². The molecule has 7 nitrogen and oxygen atoms in total. The quantitative estimate of drug-likeness (QED) is 0.718. The largest absolute Gasteiger partial charge is 0.486 e. The number of likely N-dealkylation sites (N-methyl/N-ethyl adjacent to an activating group) is 1. The molecule has 0 fully saturated rings. The number of ether oxygens (including phenoxy) is 2. The second-order valence-corrected chi connectivity index (χ2v) is 8.74. The molecule has 0 bridgehead atoms. The first-order valence-electron chi connectivity index (χ1n) is 9.26. The summed E-state index contributed by atoms with van der Waals surface area (Å²) < 4.78 is 38.8. The lowest BCUT2D eigenvalue weighted by atomic mass is 10.1. The van der Waals surface area contributed by atoms with E-state index in [0.717, 1.165) is 5.56 Å². The van der Waals surface area contributed by atoms with E-state index in [1.165, 1.54) is 31.2 Å². The van der Waals surface area contributed by atoms with Crippen molar-refractivity contribution in [3.8, 4) is 11.5 Å². The molecule has 2 aromatic carbocycles. The molecule has 0 saturated carbocycles. The van der Waals surface area contributed by atoms with Gasteiger partial charge in [-0.3, -0.25) is 4.79 Å². The monoisotopic (exact) mass is 438 g/mol. The highest BCUT2D eigenvalue weighted by Crippen LogP contribution is 2.34. The minimum absolute atomic E-state index is 0.0484. The van der Waals surface area contributed by atoms with Crippen LogP contribution in [0.1, 0.15) is 19.4 Å². The summed E-state index contributed by atoms with van der Waals surface area (Å²) in [6, 6.07) is 10.4. The van der Waals surface area contributed by atoms with Gasteiger partial charge in [0.15, 0.2) is 11.5 Å². The lowest BCUT2D eigenvalue weighted by Gasteiger charge is -2.27. The molecule has 29 heavy (non-hydrogen) atoms. The van der Waals surface area contributed by atoms with Crippen molar-refractivity contribution in [2.45, 2.75) is 31.3 Å². The number of halogens is 1. The maximum Gasteiger partial charge on any atom is 0.241 e. The van der Waals surface area contributed by atoms with Gasteiger partial charge in [0.25, 0.3) is 0 Å². The Morgan fingerprint density at radius 2 is 1.86 bits per heavy atom. The number of rotatable bonds is 7. The highest BCUT2D eigenvalue weighted by Gasteiger charge is 2.26. The van der Waals surface area contributed by atoms with E-state index in [-0.39, 0.29) is 17.3 Å². The first-order chi connectivity index (χ1) is 13.8. The van der Waals surface area contributed by atoms with Crippen molar-refractivity contribution < 1.29 is 22.7 Å². The molecule has 0 saturated heterocycles. The smallest absolute Gasteiger partial charge is 0.241 e. The number of benzene rings is 2. The predicted molar refractivity (Wildman–Crippen MR) is 110 cm³/mol. The van der Waals surface area contributed by atoms with Crippen LogP contribution >= 0.6 is 11.6 Å². The van der Waals surface area contributed by atoms with Crippen molar-refractivity contribution in [1.29, 1.82) is 0 Å². The number of sulfonamides is 1. The van der Waals surface area contributed by atoms with Crippen LogP contribution in [-0.2, 0) is 21.4 Å². The molecule has 0 radical (unpaired) electrons. The van der Waals surface area contributed by atoms with Crippen molar-refractivity contribution in [3.05, 3.63) is 53.1 Å². The Hall–Kier alpha value is -2.29. The Morgan fingerprint density at radius 1 is 1.17 bits per heavy atom. The van der Waals surface area contributed by atoms with Crippen LogP contribution in [-0.4, -0.2) is 45.0 Å². The SMILES string of the molecule is CCN(Cc1cccc2c1OCCO2)C(=O)[C@H](C)NS(=O)(=O)c1ccc(Cl)cc1. The molecular formula is C20H23ClN2O5S. The van der Waals surface area contributed by atoms with E-state index in [4.69, 9.17) is 21.1 Å². The van der Waals surface area contributed by atoms with Gasteiger partial charge in [0.2, 0.25) is 15.9 Å². The van der Waals surface area contributed by atoms with Crippen molar-refractivity contribution in [1.82, 2.24) is 9.62 Å². The lowest BCUT2D eigenvalue weighted by Crippen LogP contribution is -2.46. The number of hydrogen-bond donors (Lipinski definition) is 1. The Kier molecular flexibility index (Phi) is 6.66. The van der Waals surface area contributed by atoms with Crippen LogP contribution in [0.3, 0.4) is 0 Å². The van der Waals surface area contributed by atoms with Crippen LogP contribution < -0.4 is 14.2 Å². The van der Waals surface area contributed by atoms with Gasteiger partial charge in [-0.05, 0) is 44.2 Å². The van der Waals surface area contributed by atoms with Gasteiger partial charge < -0.3 is 14.4 Å². The van der Waals surface area contributed by atoms with Gasteiger partial charge in [0, 0.05) is 23.7 Å². The normalized spacial score (nSPS) is 14.3. The molecule has 1 aliphatic heterocycles. The molecule has 1 N–H and O–H groups in total. The Balaban J connectivity index is 1.73. The van der Waals surface area contributed by atoms with Gasteiger partial charge in [0.1, 0.15) is 13.2 Å². The number of carbonyl (C=O) groups is 1. The van der Waals surface area contributed by atoms with E-state index >= 15 is 0 Å². The number of carbonyl (C=O) groups excluding carboxylic acids is 1. The number of nitrogens with one attached hydrogen (secondary N) is 1. The molecule has 156 valence electrons. The maximum atomic E-state index is 12.9. The molecule has 0 unspecified atom stereocenters. The minimum Gasteiger partial charge on any atom is -0.486 e. The highest BCUT2D eigenvalue weighted by atomic mass is 35.5. The second kappa shape index (κ2) is 9.02. The Labute approximate surface area is 175 Å². The number of hydrogen-bond acceptors (Lipinski definition) is 5. The summed E-state index contributed by atoms with van der Waals surface area (Å²) in [5, 5.41) is 0.433. The zero-order valence-corrected chi connectivity index (χ0v) is 17.8. The fraction of sp³-hybridized carbons (Fsp3) is 0.350. The number of amides is 1. The topological polar surface area (TPSA) is 84.9 Å². The molecule has 0 spiro atoms. The zero-order valence-electron chi connectivity index (χ0n) is 16.2. The molecule has 2 aromatic rings. The Bertz CT molecular complexity index is 979. The van der Waals surface area contributed by atoms with Crippen molar-refractivity contribution in [2.75, 3.05) is 19.8 Å². The molecule has 1 aliphatic rings. The van der Waals surface area contributed by atoms with Gasteiger partial charge in [0.05, 0.1) is 10.9 Å². The lowest BCUT2D eigenvalue weighted by molar-refractivity contribution is -0.133. The molecule has 0 aromatic heterocycles. The van der Waals surface area contributed by atoms with Gasteiger partial charge in [-0.2, -0.15) is 4.72 Å². The van der Waals surface area contributed by atoms with Crippen LogP contribution in [0.15, 0.2) is 47.4 Å². The van der Waals surface area contributed by atoms with Gasteiger partial charge in [-0.1, -0.05) is 23.7 Å². The van der Waals surface area contributed by atoms with E-state index in [0.29, 0.717) is 36.3 Å². The standard InChI is InChI=1S/C20H23ClN2O5S/c1-3-23(13-15-5-4-6-18-19(15)28-12-11-27-18)20(24)14(2)22-29(25,26)17-9-7-16(21)8-10-17/h4-10,14,22H,3,11-13H2,1-2H3/t14-/m0/s1. The third kappa shape index (κ3) is 5.01. The molecule has 1 amide bonds. The van der Waals surface area contributed by atoms with Crippen LogP contribution in [0.5, 0.6) is 11.5 Å². The van der Waals surface area contributed by atoms with E-state index in [2.05, 4.69) is 4.72 Å². The fourth-order valence-corrected chi connectivity index (χ4v) is 4.37. The third-order valence-electron chi connectivity index (χ3n) is 4.53. The Morgan fingerprint density at radius 3 is 2.55 bits per heavy atom. The maximum absolute atomic E-state index is 12.9. The number of para-hydroxylation sites is 1. The van der Waals surface area contributed by atoms with Crippen LogP contribution in [0, 0.1) is 0 Å². The summed E-state index contributed by atoms with van der Waals surface area (Å²) >= 11 is 5.81. The summed E-state index contributed by atoms with van der Waals surface area (Å²) in [4.78, 5) is 14.5. The van der Waals surface area contributed by atoms with Crippen LogP contribution in [0.25, 0.3) is 0 Å².